The third-order valence-electron chi connectivity index (χ3n) is 3.88. The minimum atomic E-state index is -3.63. The second kappa shape index (κ2) is 7.60. The van der Waals surface area contributed by atoms with Gasteiger partial charge in [-0.3, -0.25) is 4.99 Å². The number of aliphatic imine (C=N–C) groups is 1. The van der Waals surface area contributed by atoms with Crippen LogP contribution in [-0.2, 0) is 16.6 Å². The van der Waals surface area contributed by atoms with E-state index in [1.165, 1.54) is 44.2 Å². The summed E-state index contributed by atoms with van der Waals surface area (Å²) in [5, 5.41) is 11.8. The Morgan fingerprint density at radius 2 is 1.86 bits per heavy atom. The highest BCUT2D eigenvalue weighted by Gasteiger charge is 2.14. The fraction of sp³-hybridized carbons (Fsp3) is 0.533. The molecule has 1 fully saturated rings. The number of hydrogen-bond donors (Lipinski definition) is 3. The summed E-state index contributed by atoms with van der Waals surface area (Å²) in [7, 11) is -1.88. The van der Waals surface area contributed by atoms with E-state index >= 15 is 0 Å². The van der Waals surface area contributed by atoms with Gasteiger partial charge in [-0.15, -0.1) is 0 Å². The van der Waals surface area contributed by atoms with Crippen molar-refractivity contribution in [3.8, 4) is 0 Å². The van der Waals surface area contributed by atoms with Crippen LogP contribution in [0.2, 0.25) is 0 Å². The predicted molar refractivity (Wildman–Crippen MR) is 88.0 cm³/mol. The molecule has 0 amide bonds. The number of sulfonamides is 1. The van der Waals surface area contributed by atoms with Gasteiger partial charge in [0.25, 0.3) is 0 Å². The van der Waals surface area contributed by atoms with Crippen molar-refractivity contribution in [1.82, 2.24) is 10.6 Å². The molecule has 7 heteroatoms. The summed E-state index contributed by atoms with van der Waals surface area (Å²) in [4.78, 5) is 4.36. The van der Waals surface area contributed by atoms with Crippen LogP contribution in [0.3, 0.4) is 0 Å². The molecule has 1 aliphatic rings. The van der Waals surface area contributed by atoms with E-state index in [2.05, 4.69) is 15.6 Å². The average Bonchev–Trinajstić information content (AvgIpc) is 2.52. The van der Waals surface area contributed by atoms with Crippen LogP contribution >= 0.6 is 0 Å². The van der Waals surface area contributed by atoms with Gasteiger partial charge in [0.2, 0.25) is 10.0 Å². The Balaban J connectivity index is 1.87. The lowest BCUT2D eigenvalue weighted by Gasteiger charge is -2.24. The van der Waals surface area contributed by atoms with E-state index < -0.39 is 10.0 Å². The number of primary sulfonamides is 1. The Kier molecular flexibility index (Phi) is 5.79. The van der Waals surface area contributed by atoms with Gasteiger partial charge in [0, 0.05) is 19.6 Å². The number of guanidine groups is 1. The van der Waals surface area contributed by atoms with Crippen molar-refractivity contribution in [2.24, 2.45) is 10.1 Å². The summed E-state index contributed by atoms with van der Waals surface area (Å²) in [5.74, 6) is 0.780. The van der Waals surface area contributed by atoms with Crippen molar-refractivity contribution in [3.05, 3.63) is 29.8 Å². The Labute approximate surface area is 132 Å². The standard InChI is InChI=1S/C15H24N4O2S/c1-17-15(19-13-5-3-2-4-6-13)18-11-12-7-9-14(10-8-12)22(16,20)21/h7-10,13H,2-6,11H2,1H3,(H2,16,20,21)(H2,17,18,19). The van der Waals surface area contributed by atoms with Gasteiger partial charge in [-0.25, -0.2) is 13.6 Å². The SMILES string of the molecule is CN=C(NCc1ccc(S(N)(=O)=O)cc1)NC1CCCCC1. The number of rotatable bonds is 4. The minimum absolute atomic E-state index is 0.126. The zero-order valence-electron chi connectivity index (χ0n) is 12.9. The first kappa shape index (κ1) is 16.8. The van der Waals surface area contributed by atoms with Crippen LogP contribution in [0, 0.1) is 0 Å². The molecule has 0 atom stereocenters. The smallest absolute Gasteiger partial charge is 0.238 e. The summed E-state index contributed by atoms with van der Waals surface area (Å²) >= 11 is 0. The number of nitrogens with two attached hydrogens (primary N) is 1. The largest absolute Gasteiger partial charge is 0.354 e. The molecular weight excluding hydrogens is 300 g/mol. The normalized spacial score (nSPS) is 17.3. The van der Waals surface area contributed by atoms with Crippen LogP contribution in [0.1, 0.15) is 37.7 Å². The molecule has 1 aromatic rings. The van der Waals surface area contributed by atoms with Gasteiger partial charge >= 0.3 is 0 Å². The first-order chi connectivity index (χ1) is 10.5. The predicted octanol–water partition coefficient (Wildman–Crippen LogP) is 1.33. The molecule has 2 rings (SSSR count). The number of hydrogen-bond acceptors (Lipinski definition) is 3. The molecule has 0 spiro atoms. The van der Waals surface area contributed by atoms with Crippen molar-refractivity contribution in [2.75, 3.05) is 7.05 Å². The zero-order valence-corrected chi connectivity index (χ0v) is 13.7. The molecule has 0 saturated heterocycles. The molecule has 0 aromatic heterocycles. The van der Waals surface area contributed by atoms with Crippen LogP contribution in [-0.4, -0.2) is 27.5 Å². The van der Waals surface area contributed by atoms with Crippen LogP contribution in [0.5, 0.6) is 0 Å². The third-order valence-corrected chi connectivity index (χ3v) is 4.81. The number of benzene rings is 1. The summed E-state index contributed by atoms with van der Waals surface area (Å²) in [5.41, 5.74) is 0.971. The molecule has 0 bridgehead atoms. The van der Waals surface area contributed by atoms with Crippen molar-refractivity contribution in [3.63, 3.8) is 0 Å². The second-order valence-electron chi connectivity index (χ2n) is 5.59. The Morgan fingerprint density at radius 3 is 2.41 bits per heavy atom. The van der Waals surface area contributed by atoms with Gasteiger partial charge in [0.05, 0.1) is 4.90 Å². The van der Waals surface area contributed by atoms with Crippen LogP contribution < -0.4 is 15.8 Å². The van der Waals surface area contributed by atoms with Crippen LogP contribution in [0.4, 0.5) is 0 Å². The number of nitrogens with zero attached hydrogens (tertiary/aromatic N) is 1. The van der Waals surface area contributed by atoms with Gasteiger partial charge in [0.15, 0.2) is 5.96 Å². The summed E-state index contributed by atoms with van der Waals surface area (Å²) in [6, 6.07) is 7.03. The van der Waals surface area contributed by atoms with Gasteiger partial charge in [0.1, 0.15) is 0 Å². The van der Waals surface area contributed by atoms with Crippen LogP contribution in [0.15, 0.2) is 34.2 Å². The first-order valence-corrected chi connectivity index (χ1v) is 9.12. The monoisotopic (exact) mass is 324 g/mol. The molecule has 122 valence electrons. The van der Waals surface area contributed by atoms with Gasteiger partial charge < -0.3 is 10.6 Å². The lowest BCUT2D eigenvalue weighted by atomic mass is 9.96. The van der Waals surface area contributed by atoms with E-state index in [4.69, 9.17) is 5.14 Å². The van der Waals surface area contributed by atoms with Crippen molar-refractivity contribution in [1.29, 1.82) is 0 Å². The van der Waals surface area contributed by atoms with E-state index in [1.807, 2.05) is 0 Å². The highest BCUT2D eigenvalue weighted by atomic mass is 32.2. The minimum Gasteiger partial charge on any atom is -0.354 e. The third kappa shape index (κ3) is 4.99. The second-order valence-corrected chi connectivity index (χ2v) is 7.16. The van der Waals surface area contributed by atoms with E-state index in [1.54, 1.807) is 19.2 Å². The molecule has 4 N–H and O–H groups in total. The summed E-state index contributed by atoms with van der Waals surface area (Å²) < 4.78 is 22.4. The van der Waals surface area contributed by atoms with Crippen molar-refractivity contribution < 1.29 is 8.42 Å². The fourth-order valence-electron chi connectivity index (χ4n) is 2.62. The summed E-state index contributed by atoms with van der Waals surface area (Å²) in [6.07, 6.45) is 6.22. The molecule has 0 unspecified atom stereocenters. The quantitative estimate of drug-likeness (QED) is 0.575. The maximum absolute atomic E-state index is 11.2. The molecule has 0 radical (unpaired) electrons. The molecular formula is C15H24N4O2S. The maximum atomic E-state index is 11.2. The lowest BCUT2D eigenvalue weighted by molar-refractivity contribution is 0.410. The molecule has 6 nitrogen and oxygen atoms in total. The van der Waals surface area contributed by atoms with E-state index in [-0.39, 0.29) is 4.90 Å². The van der Waals surface area contributed by atoms with E-state index in [0.29, 0.717) is 12.6 Å². The zero-order chi connectivity index (χ0) is 16.0. The molecule has 1 saturated carbocycles. The van der Waals surface area contributed by atoms with Gasteiger partial charge in [-0.2, -0.15) is 0 Å². The molecule has 22 heavy (non-hydrogen) atoms. The molecule has 1 aliphatic carbocycles. The lowest BCUT2D eigenvalue weighted by Crippen LogP contribution is -2.43. The van der Waals surface area contributed by atoms with Crippen LogP contribution in [0.25, 0.3) is 0 Å². The first-order valence-electron chi connectivity index (χ1n) is 7.58. The molecule has 0 aliphatic heterocycles. The number of nitrogens with one attached hydrogen (secondary N) is 2. The topological polar surface area (TPSA) is 96.6 Å². The Morgan fingerprint density at radius 1 is 1.23 bits per heavy atom. The van der Waals surface area contributed by atoms with Crippen molar-refractivity contribution >= 4 is 16.0 Å². The van der Waals surface area contributed by atoms with E-state index in [0.717, 1.165) is 11.5 Å². The van der Waals surface area contributed by atoms with Crippen molar-refractivity contribution in [2.45, 2.75) is 49.6 Å². The highest BCUT2D eigenvalue weighted by molar-refractivity contribution is 7.89. The Bertz CT molecular complexity index is 605. The molecule has 1 aromatic carbocycles. The highest BCUT2D eigenvalue weighted by Crippen LogP contribution is 2.17. The van der Waals surface area contributed by atoms with E-state index in [9.17, 15) is 8.42 Å². The molecule has 0 heterocycles. The Hall–Kier alpha value is -1.60. The fourth-order valence-corrected chi connectivity index (χ4v) is 3.13. The average molecular weight is 324 g/mol. The van der Waals surface area contributed by atoms with Gasteiger partial charge in [-0.1, -0.05) is 31.4 Å². The summed E-state index contributed by atoms with van der Waals surface area (Å²) in [6.45, 7) is 0.581. The maximum Gasteiger partial charge on any atom is 0.238 e. The van der Waals surface area contributed by atoms with Gasteiger partial charge in [-0.05, 0) is 30.5 Å².